The van der Waals surface area contributed by atoms with E-state index in [2.05, 4.69) is 15.6 Å². The highest BCUT2D eigenvalue weighted by molar-refractivity contribution is 7.80. The number of hydrogen-bond donors (Lipinski definition) is 2. The second-order valence-corrected chi connectivity index (χ2v) is 6.58. The van der Waals surface area contributed by atoms with Gasteiger partial charge in [0.25, 0.3) is 0 Å². The number of carbonyl (C=O) groups excluding carboxylic acids is 1. The minimum absolute atomic E-state index is 0.119. The molecule has 1 aromatic carbocycles. The topological polar surface area (TPSA) is 54.0 Å². The van der Waals surface area contributed by atoms with Crippen molar-refractivity contribution in [1.29, 1.82) is 0 Å². The quantitative estimate of drug-likeness (QED) is 0.793. The van der Waals surface area contributed by atoms with Crippen LogP contribution in [0.5, 0.6) is 0 Å². The van der Waals surface area contributed by atoms with Gasteiger partial charge in [0, 0.05) is 5.41 Å². The zero-order chi connectivity index (χ0) is 14.0. The van der Waals surface area contributed by atoms with Crippen molar-refractivity contribution < 1.29 is 4.79 Å². The van der Waals surface area contributed by atoms with Crippen LogP contribution in [0.15, 0.2) is 24.3 Å². The van der Waals surface area contributed by atoms with Gasteiger partial charge in [-0.1, -0.05) is 44.2 Å². The van der Waals surface area contributed by atoms with Gasteiger partial charge in [-0.05, 0) is 24.4 Å². The van der Waals surface area contributed by atoms with Crippen molar-refractivity contribution in [2.24, 2.45) is 5.41 Å². The summed E-state index contributed by atoms with van der Waals surface area (Å²) in [6, 6.07) is 7.83. The van der Waals surface area contributed by atoms with Crippen molar-refractivity contribution in [3.8, 4) is 0 Å². The van der Waals surface area contributed by atoms with Crippen molar-refractivity contribution in [1.82, 2.24) is 10.3 Å². The average Bonchev–Trinajstić information content (AvgIpc) is 2.69. The molecular formula is C13H15N3OS2. The first-order valence-electron chi connectivity index (χ1n) is 5.84. The van der Waals surface area contributed by atoms with E-state index in [0.29, 0.717) is 5.13 Å². The molecule has 0 fully saturated rings. The van der Waals surface area contributed by atoms with Crippen LogP contribution in [-0.2, 0) is 4.79 Å². The van der Waals surface area contributed by atoms with Gasteiger partial charge in [0.2, 0.25) is 5.91 Å². The van der Waals surface area contributed by atoms with E-state index in [0.717, 1.165) is 10.2 Å². The van der Waals surface area contributed by atoms with Gasteiger partial charge in [0.1, 0.15) is 0 Å². The molecule has 0 aliphatic carbocycles. The molecule has 2 aromatic rings. The molecule has 0 aliphatic rings. The number of nitrogens with zero attached hydrogens (tertiary/aromatic N) is 1. The maximum absolute atomic E-state index is 11.8. The summed E-state index contributed by atoms with van der Waals surface area (Å²) in [5, 5.41) is 6.56. The predicted octanol–water partition coefficient (Wildman–Crippen LogP) is 3.16. The van der Waals surface area contributed by atoms with Crippen molar-refractivity contribution in [2.45, 2.75) is 20.8 Å². The van der Waals surface area contributed by atoms with Crippen LogP contribution in [0, 0.1) is 5.41 Å². The Bertz CT molecular complexity index is 595. The summed E-state index contributed by atoms with van der Waals surface area (Å²) in [4.78, 5) is 16.2. The zero-order valence-corrected chi connectivity index (χ0v) is 12.6. The lowest BCUT2D eigenvalue weighted by Crippen LogP contribution is -2.41. The Balaban J connectivity index is 2.05. The summed E-state index contributed by atoms with van der Waals surface area (Å²) >= 11 is 6.61. The van der Waals surface area contributed by atoms with E-state index in [1.54, 1.807) is 0 Å². The number of fused-ring (bicyclic) bond motifs is 1. The number of thiocarbonyl (C=S) groups is 1. The molecule has 0 saturated heterocycles. The summed E-state index contributed by atoms with van der Waals surface area (Å²) in [6.07, 6.45) is 0. The summed E-state index contributed by atoms with van der Waals surface area (Å²) < 4.78 is 1.08. The second-order valence-electron chi connectivity index (χ2n) is 5.14. The fourth-order valence-corrected chi connectivity index (χ4v) is 2.47. The minimum atomic E-state index is -0.473. The SMILES string of the molecule is CC(C)(C)C(=O)NC(=S)Nc1nc2ccccc2s1. The van der Waals surface area contributed by atoms with Crippen LogP contribution in [0.1, 0.15) is 20.8 Å². The Morgan fingerprint density at radius 3 is 2.63 bits per heavy atom. The molecule has 0 unspecified atom stereocenters. The summed E-state index contributed by atoms with van der Waals surface area (Å²) in [7, 11) is 0. The molecule has 1 amide bonds. The second kappa shape index (κ2) is 5.22. The highest BCUT2D eigenvalue weighted by atomic mass is 32.1. The van der Waals surface area contributed by atoms with Crippen LogP contribution >= 0.6 is 23.6 Å². The Kier molecular flexibility index (Phi) is 3.82. The molecular weight excluding hydrogens is 278 g/mol. The molecule has 0 bridgehead atoms. The lowest BCUT2D eigenvalue weighted by molar-refractivity contribution is -0.126. The lowest BCUT2D eigenvalue weighted by Gasteiger charge is -2.17. The number of para-hydroxylation sites is 1. The molecule has 6 heteroatoms. The molecule has 0 radical (unpaired) electrons. The van der Waals surface area contributed by atoms with E-state index >= 15 is 0 Å². The van der Waals surface area contributed by atoms with Crippen molar-refractivity contribution >= 4 is 49.9 Å². The summed E-state index contributed by atoms with van der Waals surface area (Å²) in [6.45, 7) is 5.51. The van der Waals surface area contributed by atoms with E-state index in [-0.39, 0.29) is 11.0 Å². The Morgan fingerprint density at radius 1 is 1.32 bits per heavy atom. The number of aromatic nitrogens is 1. The van der Waals surface area contributed by atoms with Gasteiger partial charge in [-0.3, -0.25) is 4.79 Å². The Morgan fingerprint density at radius 2 is 2.00 bits per heavy atom. The molecule has 0 atom stereocenters. The maximum atomic E-state index is 11.8. The zero-order valence-electron chi connectivity index (χ0n) is 11.0. The number of amides is 1. The number of nitrogens with one attached hydrogen (secondary N) is 2. The van der Waals surface area contributed by atoms with Gasteiger partial charge in [-0.2, -0.15) is 0 Å². The smallest absolute Gasteiger partial charge is 0.231 e. The lowest BCUT2D eigenvalue weighted by atomic mass is 9.96. The highest BCUT2D eigenvalue weighted by Gasteiger charge is 2.22. The van der Waals surface area contributed by atoms with Gasteiger partial charge < -0.3 is 10.6 Å². The first-order valence-corrected chi connectivity index (χ1v) is 7.07. The first-order chi connectivity index (χ1) is 8.86. The maximum Gasteiger partial charge on any atom is 0.231 e. The highest BCUT2D eigenvalue weighted by Crippen LogP contribution is 2.25. The average molecular weight is 293 g/mol. The van der Waals surface area contributed by atoms with E-state index in [1.165, 1.54) is 11.3 Å². The standard InChI is InChI=1S/C13H15N3OS2/c1-13(2,3)10(17)15-11(18)16-12-14-8-6-4-5-7-9(8)19-12/h4-7H,1-3H3,(H2,14,15,16,17,18). The van der Waals surface area contributed by atoms with Crippen molar-refractivity contribution in [3.63, 3.8) is 0 Å². The third kappa shape index (κ3) is 3.48. The van der Waals surface area contributed by atoms with Gasteiger partial charge in [0.05, 0.1) is 10.2 Å². The number of anilines is 1. The summed E-state index contributed by atoms with van der Waals surface area (Å²) in [5.74, 6) is -0.119. The van der Waals surface area contributed by atoms with Gasteiger partial charge in [-0.25, -0.2) is 4.98 Å². The monoisotopic (exact) mass is 293 g/mol. The molecule has 19 heavy (non-hydrogen) atoms. The molecule has 2 rings (SSSR count). The molecule has 0 aliphatic heterocycles. The van der Waals surface area contributed by atoms with Gasteiger partial charge in [0.15, 0.2) is 10.2 Å². The van der Waals surface area contributed by atoms with Crippen LogP contribution in [0.25, 0.3) is 10.2 Å². The van der Waals surface area contributed by atoms with E-state index < -0.39 is 5.41 Å². The molecule has 100 valence electrons. The van der Waals surface area contributed by atoms with Crippen LogP contribution in [0.3, 0.4) is 0 Å². The van der Waals surface area contributed by atoms with Gasteiger partial charge in [-0.15, -0.1) is 0 Å². The van der Waals surface area contributed by atoms with Crippen LogP contribution < -0.4 is 10.6 Å². The van der Waals surface area contributed by atoms with E-state index in [4.69, 9.17) is 12.2 Å². The van der Waals surface area contributed by atoms with Crippen molar-refractivity contribution in [2.75, 3.05) is 5.32 Å². The Hall–Kier alpha value is -1.53. The predicted molar refractivity (Wildman–Crippen MR) is 83.4 cm³/mol. The third-order valence-corrected chi connectivity index (χ3v) is 3.58. The Labute approximate surface area is 121 Å². The fourth-order valence-electron chi connectivity index (χ4n) is 1.34. The van der Waals surface area contributed by atoms with Crippen LogP contribution in [0.2, 0.25) is 0 Å². The molecule has 2 N–H and O–H groups in total. The minimum Gasteiger partial charge on any atom is -0.308 e. The number of carbonyl (C=O) groups is 1. The molecule has 4 nitrogen and oxygen atoms in total. The molecule has 0 spiro atoms. The first kappa shape index (κ1) is 13.9. The van der Waals surface area contributed by atoms with Crippen molar-refractivity contribution in [3.05, 3.63) is 24.3 Å². The summed E-state index contributed by atoms with van der Waals surface area (Å²) in [5.41, 5.74) is 0.444. The van der Waals surface area contributed by atoms with E-state index in [1.807, 2.05) is 45.0 Å². The van der Waals surface area contributed by atoms with Crippen LogP contribution in [-0.4, -0.2) is 16.0 Å². The molecule has 1 aromatic heterocycles. The number of thiazole rings is 1. The van der Waals surface area contributed by atoms with Crippen LogP contribution in [0.4, 0.5) is 5.13 Å². The fraction of sp³-hybridized carbons (Fsp3) is 0.308. The molecule has 0 saturated carbocycles. The largest absolute Gasteiger partial charge is 0.308 e. The number of rotatable bonds is 1. The normalized spacial score (nSPS) is 11.3. The number of hydrogen-bond acceptors (Lipinski definition) is 4. The van der Waals surface area contributed by atoms with E-state index in [9.17, 15) is 4.79 Å². The number of benzene rings is 1. The molecule has 1 heterocycles. The van der Waals surface area contributed by atoms with Gasteiger partial charge >= 0.3 is 0 Å². The third-order valence-electron chi connectivity index (χ3n) is 2.42.